The molecule has 0 saturated heterocycles. The summed E-state index contributed by atoms with van der Waals surface area (Å²) in [7, 11) is 0. The molecule has 5 heteroatoms. The molecule has 0 unspecified atom stereocenters. The van der Waals surface area contributed by atoms with Crippen LogP contribution < -0.4 is 10.6 Å². The minimum atomic E-state index is -0.223. The SMILES string of the molecule is O=C1C[C@@H](c2ccccc2)CC2=C1[C@H](c1cccs1)Nc1ccc(C(=O)c3ccccc3)cc1N2. The molecule has 0 amide bonds. The predicted octanol–water partition coefficient (Wildman–Crippen LogP) is 6.96. The molecule has 1 aliphatic heterocycles. The van der Waals surface area contributed by atoms with Crippen LogP contribution in [0.1, 0.15) is 51.2 Å². The highest BCUT2D eigenvalue weighted by Gasteiger charge is 2.36. The minimum Gasteiger partial charge on any atom is -0.372 e. The zero-order valence-electron chi connectivity index (χ0n) is 19.0. The summed E-state index contributed by atoms with van der Waals surface area (Å²) in [6.45, 7) is 0. The number of thiophene rings is 1. The first-order chi connectivity index (χ1) is 17.2. The van der Waals surface area contributed by atoms with Gasteiger partial charge in [0.2, 0.25) is 0 Å². The summed E-state index contributed by atoms with van der Waals surface area (Å²) in [5, 5.41) is 9.23. The summed E-state index contributed by atoms with van der Waals surface area (Å²) in [4.78, 5) is 27.8. The molecule has 0 spiro atoms. The Morgan fingerprint density at radius 1 is 0.800 bits per heavy atom. The van der Waals surface area contributed by atoms with Crippen molar-refractivity contribution in [2.45, 2.75) is 24.8 Å². The topological polar surface area (TPSA) is 58.2 Å². The molecular formula is C30H24N2O2S. The van der Waals surface area contributed by atoms with Crippen LogP contribution in [0.15, 0.2) is 108 Å². The molecule has 0 fully saturated rings. The van der Waals surface area contributed by atoms with E-state index in [1.165, 1.54) is 5.56 Å². The number of hydrogen-bond acceptors (Lipinski definition) is 5. The second-order valence-corrected chi connectivity index (χ2v) is 9.98. The van der Waals surface area contributed by atoms with Crippen LogP contribution in [0, 0.1) is 0 Å². The monoisotopic (exact) mass is 476 g/mol. The molecule has 172 valence electrons. The van der Waals surface area contributed by atoms with E-state index >= 15 is 0 Å². The maximum absolute atomic E-state index is 13.6. The molecule has 2 heterocycles. The highest BCUT2D eigenvalue weighted by molar-refractivity contribution is 7.10. The Bertz CT molecular complexity index is 1430. The molecule has 3 aromatic carbocycles. The van der Waals surface area contributed by atoms with E-state index < -0.39 is 0 Å². The fourth-order valence-electron chi connectivity index (χ4n) is 5.08. The van der Waals surface area contributed by atoms with Gasteiger partial charge in [-0.25, -0.2) is 0 Å². The van der Waals surface area contributed by atoms with Gasteiger partial charge in [-0.2, -0.15) is 0 Å². The highest BCUT2D eigenvalue weighted by atomic mass is 32.1. The summed E-state index contributed by atoms with van der Waals surface area (Å²) in [5.74, 6) is 0.256. The van der Waals surface area contributed by atoms with E-state index in [4.69, 9.17) is 0 Å². The predicted molar refractivity (Wildman–Crippen MR) is 141 cm³/mol. The van der Waals surface area contributed by atoms with Crippen molar-refractivity contribution < 1.29 is 9.59 Å². The molecule has 4 nitrogen and oxygen atoms in total. The van der Waals surface area contributed by atoms with E-state index in [-0.39, 0.29) is 23.5 Å². The lowest BCUT2D eigenvalue weighted by atomic mass is 9.79. The van der Waals surface area contributed by atoms with Crippen LogP contribution in [0.3, 0.4) is 0 Å². The maximum atomic E-state index is 13.6. The number of carbonyl (C=O) groups is 2. The van der Waals surface area contributed by atoms with Gasteiger partial charge < -0.3 is 10.6 Å². The standard InChI is InChI=1S/C30H24N2O2S/c33-26-18-22(19-8-3-1-4-9-19)17-25-28(26)29(27-12-7-15-35-27)32-23-14-13-21(16-24(23)31-25)30(34)20-10-5-2-6-11-20/h1-16,22,29,31-32H,17-18H2/t22-,29-/m0/s1. The minimum absolute atomic E-state index is 0.0228. The van der Waals surface area contributed by atoms with Gasteiger partial charge in [0.15, 0.2) is 11.6 Å². The third-order valence-electron chi connectivity index (χ3n) is 6.80. The number of Topliss-reactive ketones (excluding diaryl/α,β-unsaturated/α-hetero) is 1. The third-order valence-corrected chi connectivity index (χ3v) is 7.74. The molecule has 35 heavy (non-hydrogen) atoms. The molecule has 6 rings (SSSR count). The Hall–Kier alpha value is -3.96. The number of allylic oxidation sites excluding steroid dienone is 1. The van der Waals surface area contributed by atoms with Gasteiger partial charge in [0, 0.05) is 33.7 Å². The number of hydrogen-bond donors (Lipinski definition) is 2. The van der Waals surface area contributed by atoms with Gasteiger partial charge in [0.1, 0.15) is 0 Å². The second kappa shape index (κ2) is 9.01. The molecule has 4 aromatic rings. The van der Waals surface area contributed by atoms with Crippen LogP contribution in [0.4, 0.5) is 11.4 Å². The Kier molecular flexibility index (Phi) is 5.55. The average Bonchev–Trinajstić information content (AvgIpc) is 3.38. The first-order valence-electron chi connectivity index (χ1n) is 11.8. The Balaban J connectivity index is 1.42. The van der Waals surface area contributed by atoms with Crippen molar-refractivity contribution >= 4 is 34.3 Å². The molecule has 1 aliphatic carbocycles. The number of carbonyl (C=O) groups excluding carboxylic acids is 2. The van der Waals surface area contributed by atoms with Crippen molar-refractivity contribution in [2.24, 2.45) is 0 Å². The van der Waals surface area contributed by atoms with Gasteiger partial charge in [-0.15, -0.1) is 11.3 Å². The van der Waals surface area contributed by atoms with Gasteiger partial charge >= 0.3 is 0 Å². The van der Waals surface area contributed by atoms with Crippen molar-refractivity contribution in [3.05, 3.63) is 129 Å². The first kappa shape index (κ1) is 21.6. The number of nitrogens with one attached hydrogen (secondary N) is 2. The number of benzene rings is 3. The van der Waals surface area contributed by atoms with Crippen molar-refractivity contribution in [2.75, 3.05) is 10.6 Å². The molecule has 0 saturated carbocycles. The second-order valence-electron chi connectivity index (χ2n) is 9.00. The van der Waals surface area contributed by atoms with Crippen LogP contribution in [0.25, 0.3) is 0 Å². The van der Waals surface area contributed by atoms with Gasteiger partial charge in [-0.3, -0.25) is 9.59 Å². The van der Waals surface area contributed by atoms with E-state index in [1.807, 2.05) is 78.2 Å². The molecule has 2 aliphatic rings. The van der Waals surface area contributed by atoms with Crippen LogP contribution >= 0.6 is 11.3 Å². The first-order valence-corrected chi connectivity index (χ1v) is 12.7. The average molecular weight is 477 g/mol. The molecule has 0 radical (unpaired) electrons. The summed E-state index contributed by atoms with van der Waals surface area (Å²) in [5.41, 5.74) is 5.87. The smallest absolute Gasteiger partial charge is 0.193 e. The van der Waals surface area contributed by atoms with E-state index in [1.54, 1.807) is 11.3 Å². The normalized spacial score (nSPS) is 19.1. The number of anilines is 2. The Labute approximate surface area is 208 Å². The molecular weight excluding hydrogens is 452 g/mol. The zero-order chi connectivity index (χ0) is 23.8. The fourth-order valence-corrected chi connectivity index (χ4v) is 5.86. The Morgan fingerprint density at radius 3 is 2.31 bits per heavy atom. The van der Waals surface area contributed by atoms with E-state index in [2.05, 4.69) is 28.8 Å². The van der Waals surface area contributed by atoms with Gasteiger partial charge in [-0.1, -0.05) is 66.7 Å². The van der Waals surface area contributed by atoms with Gasteiger partial charge in [-0.05, 0) is 47.5 Å². The molecule has 2 atom stereocenters. The van der Waals surface area contributed by atoms with Crippen molar-refractivity contribution in [3.63, 3.8) is 0 Å². The third kappa shape index (κ3) is 4.08. The summed E-state index contributed by atoms with van der Waals surface area (Å²) >= 11 is 1.64. The van der Waals surface area contributed by atoms with E-state index in [0.717, 1.165) is 33.9 Å². The quantitative estimate of drug-likeness (QED) is 0.313. The fraction of sp³-hybridized carbons (Fsp3) is 0.133. The van der Waals surface area contributed by atoms with Crippen molar-refractivity contribution in [1.29, 1.82) is 0 Å². The van der Waals surface area contributed by atoms with Crippen LogP contribution in [0.2, 0.25) is 0 Å². The summed E-state index contributed by atoms with van der Waals surface area (Å²) in [6, 6.07) is 29.1. The van der Waals surface area contributed by atoms with Gasteiger partial charge in [0.25, 0.3) is 0 Å². The largest absolute Gasteiger partial charge is 0.372 e. The number of fused-ring (bicyclic) bond motifs is 1. The van der Waals surface area contributed by atoms with E-state index in [0.29, 0.717) is 17.5 Å². The summed E-state index contributed by atoms with van der Waals surface area (Å²) in [6.07, 6.45) is 1.23. The molecule has 1 aromatic heterocycles. The lowest BCUT2D eigenvalue weighted by Gasteiger charge is -2.29. The Morgan fingerprint density at radius 2 is 1.57 bits per heavy atom. The van der Waals surface area contributed by atoms with E-state index in [9.17, 15) is 9.59 Å². The number of ketones is 2. The summed E-state index contributed by atoms with van der Waals surface area (Å²) < 4.78 is 0. The van der Waals surface area contributed by atoms with Crippen LogP contribution in [0.5, 0.6) is 0 Å². The van der Waals surface area contributed by atoms with Crippen molar-refractivity contribution in [3.8, 4) is 0 Å². The maximum Gasteiger partial charge on any atom is 0.193 e. The highest BCUT2D eigenvalue weighted by Crippen LogP contribution is 2.45. The van der Waals surface area contributed by atoms with Gasteiger partial charge in [0.05, 0.1) is 17.4 Å². The molecule has 2 N–H and O–H groups in total. The lowest BCUT2D eigenvalue weighted by molar-refractivity contribution is -0.116. The van der Waals surface area contributed by atoms with Crippen LogP contribution in [-0.4, -0.2) is 11.6 Å². The zero-order valence-corrected chi connectivity index (χ0v) is 19.8. The molecule has 0 bridgehead atoms. The number of rotatable bonds is 4. The van der Waals surface area contributed by atoms with Crippen molar-refractivity contribution in [1.82, 2.24) is 0 Å². The lowest BCUT2D eigenvalue weighted by Crippen LogP contribution is -2.26. The van der Waals surface area contributed by atoms with Crippen LogP contribution in [-0.2, 0) is 4.79 Å².